The lowest BCUT2D eigenvalue weighted by molar-refractivity contribution is 0.840. The molecule has 0 spiro atoms. The molecule has 0 aliphatic rings. The van der Waals surface area contributed by atoms with E-state index in [2.05, 4.69) is 53.6 Å². The minimum atomic E-state index is 0.536. The first-order valence-corrected chi connectivity index (χ1v) is 5.36. The van der Waals surface area contributed by atoms with Gasteiger partial charge in [-0.1, -0.05) is 19.9 Å². The van der Waals surface area contributed by atoms with Crippen LogP contribution in [0.4, 0.5) is 0 Å². The summed E-state index contributed by atoms with van der Waals surface area (Å²) in [5.74, 6) is 0.536. The van der Waals surface area contributed by atoms with Crippen molar-refractivity contribution in [2.75, 3.05) is 0 Å². The number of hydrogen-bond donors (Lipinski definition) is 0. The lowest BCUT2D eigenvalue weighted by atomic mass is 10.0. The molecular formula is C12H12N4. The van der Waals surface area contributed by atoms with Crippen molar-refractivity contribution < 1.29 is 0 Å². The van der Waals surface area contributed by atoms with Gasteiger partial charge >= 0.3 is 0 Å². The minimum Gasteiger partial charge on any atom is -0.193 e. The third-order valence-corrected chi connectivity index (χ3v) is 2.85. The molecule has 80 valence electrons. The van der Waals surface area contributed by atoms with Gasteiger partial charge in [0.25, 0.3) is 0 Å². The number of benzene rings is 1. The highest BCUT2D eigenvalue weighted by Crippen LogP contribution is 2.21. The normalized spacial score (nSPS) is 11.7. The van der Waals surface area contributed by atoms with Crippen LogP contribution in [0.5, 0.6) is 0 Å². The fourth-order valence-corrected chi connectivity index (χ4v) is 1.89. The van der Waals surface area contributed by atoms with Crippen LogP contribution in [-0.4, -0.2) is 20.0 Å². The zero-order valence-electron chi connectivity index (χ0n) is 9.25. The van der Waals surface area contributed by atoms with Crippen LogP contribution in [0, 0.1) is 0 Å². The van der Waals surface area contributed by atoms with Crippen LogP contribution in [0.15, 0.2) is 30.3 Å². The van der Waals surface area contributed by atoms with E-state index < -0.39 is 0 Å². The van der Waals surface area contributed by atoms with Crippen molar-refractivity contribution in [3.63, 3.8) is 0 Å². The number of aromatic nitrogens is 4. The SMILES string of the molecule is CC(C)c1ccc2c(ccc3nnnn32)c1. The number of tetrazole rings is 1. The van der Waals surface area contributed by atoms with E-state index in [-0.39, 0.29) is 0 Å². The molecule has 0 saturated heterocycles. The lowest BCUT2D eigenvalue weighted by Crippen LogP contribution is -1.93. The minimum absolute atomic E-state index is 0.536. The average Bonchev–Trinajstić information content (AvgIpc) is 2.76. The summed E-state index contributed by atoms with van der Waals surface area (Å²) in [5, 5.41) is 12.7. The molecule has 0 radical (unpaired) electrons. The van der Waals surface area contributed by atoms with Gasteiger partial charge in [0.2, 0.25) is 0 Å². The van der Waals surface area contributed by atoms with Gasteiger partial charge in [0.15, 0.2) is 5.65 Å². The predicted molar refractivity (Wildman–Crippen MR) is 62.4 cm³/mol. The van der Waals surface area contributed by atoms with Crippen LogP contribution in [0.3, 0.4) is 0 Å². The van der Waals surface area contributed by atoms with Crippen LogP contribution in [0.25, 0.3) is 16.6 Å². The van der Waals surface area contributed by atoms with E-state index in [0.717, 1.165) is 11.2 Å². The molecule has 0 aliphatic carbocycles. The molecule has 4 heteroatoms. The summed E-state index contributed by atoms with van der Waals surface area (Å²) in [7, 11) is 0. The number of fused-ring (bicyclic) bond motifs is 3. The molecule has 16 heavy (non-hydrogen) atoms. The second-order valence-electron chi connectivity index (χ2n) is 4.26. The fraction of sp³-hybridized carbons (Fsp3) is 0.250. The van der Waals surface area contributed by atoms with E-state index in [9.17, 15) is 0 Å². The topological polar surface area (TPSA) is 43.1 Å². The Labute approximate surface area is 92.9 Å². The summed E-state index contributed by atoms with van der Waals surface area (Å²) in [5.41, 5.74) is 3.16. The van der Waals surface area contributed by atoms with Gasteiger partial charge < -0.3 is 0 Å². The van der Waals surface area contributed by atoms with Gasteiger partial charge in [-0.05, 0) is 46.2 Å². The molecular weight excluding hydrogens is 200 g/mol. The number of pyridine rings is 1. The van der Waals surface area contributed by atoms with Gasteiger partial charge in [0, 0.05) is 5.39 Å². The molecule has 3 aromatic rings. The summed E-state index contributed by atoms with van der Waals surface area (Å²) in [6.07, 6.45) is 0. The second kappa shape index (κ2) is 3.27. The molecule has 0 unspecified atom stereocenters. The van der Waals surface area contributed by atoms with Crippen molar-refractivity contribution in [1.82, 2.24) is 20.0 Å². The van der Waals surface area contributed by atoms with Gasteiger partial charge in [-0.25, -0.2) is 0 Å². The van der Waals surface area contributed by atoms with Crippen molar-refractivity contribution in [3.05, 3.63) is 35.9 Å². The van der Waals surface area contributed by atoms with Gasteiger partial charge in [-0.2, -0.15) is 4.52 Å². The van der Waals surface area contributed by atoms with Gasteiger partial charge in [0.05, 0.1) is 5.52 Å². The Bertz CT molecular complexity index is 654. The standard InChI is InChI=1S/C12H12N4/c1-8(2)9-3-5-11-10(7-9)4-6-12-13-14-15-16(11)12/h3-8H,1-2H3. The van der Waals surface area contributed by atoms with E-state index in [1.807, 2.05) is 6.07 Å². The summed E-state index contributed by atoms with van der Waals surface area (Å²) < 4.78 is 1.76. The highest BCUT2D eigenvalue weighted by Gasteiger charge is 2.05. The Morgan fingerprint density at radius 2 is 2.00 bits per heavy atom. The molecule has 0 N–H and O–H groups in total. The van der Waals surface area contributed by atoms with Crippen LogP contribution < -0.4 is 0 Å². The number of nitrogens with zero attached hydrogens (tertiary/aromatic N) is 4. The fourth-order valence-electron chi connectivity index (χ4n) is 1.89. The van der Waals surface area contributed by atoms with Gasteiger partial charge in [-0.3, -0.25) is 0 Å². The average molecular weight is 212 g/mol. The van der Waals surface area contributed by atoms with Crippen molar-refractivity contribution in [2.24, 2.45) is 0 Å². The first-order chi connectivity index (χ1) is 7.75. The van der Waals surface area contributed by atoms with E-state index in [0.29, 0.717) is 5.92 Å². The molecule has 3 rings (SSSR count). The van der Waals surface area contributed by atoms with E-state index in [4.69, 9.17) is 0 Å². The van der Waals surface area contributed by atoms with Crippen molar-refractivity contribution in [1.29, 1.82) is 0 Å². The van der Waals surface area contributed by atoms with Crippen LogP contribution in [0.1, 0.15) is 25.3 Å². The third kappa shape index (κ3) is 1.26. The second-order valence-corrected chi connectivity index (χ2v) is 4.26. The Morgan fingerprint density at radius 3 is 2.81 bits per heavy atom. The zero-order valence-corrected chi connectivity index (χ0v) is 9.25. The van der Waals surface area contributed by atoms with Crippen molar-refractivity contribution >= 4 is 16.6 Å². The monoisotopic (exact) mass is 212 g/mol. The van der Waals surface area contributed by atoms with Gasteiger partial charge in [-0.15, -0.1) is 5.10 Å². The van der Waals surface area contributed by atoms with Crippen molar-refractivity contribution in [2.45, 2.75) is 19.8 Å². The molecule has 0 saturated carbocycles. The van der Waals surface area contributed by atoms with Crippen LogP contribution >= 0.6 is 0 Å². The largest absolute Gasteiger partial charge is 0.193 e. The Morgan fingerprint density at radius 1 is 1.12 bits per heavy atom. The summed E-state index contributed by atoms with van der Waals surface area (Å²) >= 11 is 0. The molecule has 2 aromatic heterocycles. The molecule has 2 heterocycles. The molecule has 0 atom stereocenters. The van der Waals surface area contributed by atoms with Crippen LogP contribution in [-0.2, 0) is 0 Å². The molecule has 0 amide bonds. The summed E-state index contributed by atoms with van der Waals surface area (Å²) in [6, 6.07) is 10.4. The van der Waals surface area contributed by atoms with E-state index in [1.54, 1.807) is 4.52 Å². The Balaban J connectivity index is 2.37. The summed E-state index contributed by atoms with van der Waals surface area (Å²) in [4.78, 5) is 0. The molecule has 0 bridgehead atoms. The molecule has 0 aliphatic heterocycles. The highest BCUT2D eigenvalue weighted by atomic mass is 15.5. The highest BCUT2D eigenvalue weighted by molar-refractivity contribution is 5.82. The zero-order chi connectivity index (χ0) is 11.1. The Kier molecular flexibility index (Phi) is 1.89. The van der Waals surface area contributed by atoms with Crippen molar-refractivity contribution in [3.8, 4) is 0 Å². The van der Waals surface area contributed by atoms with Crippen LogP contribution in [0.2, 0.25) is 0 Å². The lowest BCUT2D eigenvalue weighted by Gasteiger charge is -2.07. The predicted octanol–water partition coefficient (Wildman–Crippen LogP) is 2.40. The molecule has 0 fully saturated rings. The first-order valence-electron chi connectivity index (χ1n) is 5.36. The number of rotatable bonds is 1. The maximum Gasteiger partial charge on any atom is 0.179 e. The quantitative estimate of drug-likeness (QED) is 0.622. The summed E-state index contributed by atoms with van der Waals surface area (Å²) in [6.45, 7) is 4.38. The number of hydrogen-bond acceptors (Lipinski definition) is 3. The first kappa shape index (κ1) is 9.27. The van der Waals surface area contributed by atoms with Gasteiger partial charge in [0.1, 0.15) is 0 Å². The Hall–Kier alpha value is -1.97. The smallest absolute Gasteiger partial charge is 0.179 e. The third-order valence-electron chi connectivity index (χ3n) is 2.85. The van der Waals surface area contributed by atoms with E-state index >= 15 is 0 Å². The van der Waals surface area contributed by atoms with E-state index in [1.165, 1.54) is 10.9 Å². The maximum atomic E-state index is 3.98. The molecule has 4 nitrogen and oxygen atoms in total. The maximum absolute atomic E-state index is 3.98. The molecule has 1 aromatic carbocycles.